The van der Waals surface area contributed by atoms with Gasteiger partial charge in [0.15, 0.2) is 0 Å². The molecule has 0 fully saturated rings. The molecule has 21 heavy (non-hydrogen) atoms. The van der Waals surface area contributed by atoms with E-state index in [2.05, 4.69) is 72.9 Å². The normalized spacial score (nSPS) is 12.0. The molecule has 1 heterocycles. The Morgan fingerprint density at radius 3 is 2.38 bits per heavy atom. The largest absolute Gasteiger partial charge is 0.333 e. The van der Waals surface area contributed by atoms with Crippen molar-refractivity contribution in [3.8, 4) is 0 Å². The fourth-order valence-corrected chi connectivity index (χ4v) is 3.22. The molecule has 0 aliphatic carbocycles. The van der Waals surface area contributed by atoms with Crippen LogP contribution in [0.5, 0.6) is 0 Å². The fraction of sp³-hybridized carbons (Fsp3) is 0.211. The molecule has 0 bridgehead atoms. The second kappa shape index (κ2) is 4.32. The minimum atomic E-state index is 0.527. The molecule has 4 aromatic rings. The topological polar surface area (TPSA) is 17.8 Å². The monoisotopic (exact) mass is 274 g/mol. The van der Waals surface area contributed by atoms with Crippen LogP contribution in [0.3, 0.4) is 0 Å². The van der Waals surface area contributed by atoms with Gasteiger partial charge in [-0.05, 0) is 28.3 Å². The molecule has 0 spiro atoms. The summed E-state index contributed by atoms with van der Waals surface area (Å²) in [6.45, 7) is 4.47. The fourth-order valence-electron chi connectivity index (χ4n) is 3.22. The van der Waals surface area contributed by atoms with Crippen molar-refractivity contribution >= 4 is 32.6 Å². The van der Waals surface area contributed by atoms with E-state index in [9.17, 15) is 0 Å². The molecule has 2 heteroatoms. The number of aryl methyl sites for hydroxylation is 1. The molecular weight excluding hydrogens is 256 g/mol. The van der Waals surface area contributed by atoms with Gasteiger partial charge in [0, 0.05) is 17.8 Å². The van der Waals surface area contributed by atoms with E-state index in [1.807, 2.05) is 6.33 Å². The number of hydrogen-bond acceptors (Lipinski definition) is 1. The second-order valence-electron chi connectivity index (χ2n) is 6.06. The number of benzene rings is 3. The van der Waals surface area contributed by atoms with Gasteiger partial charge in [-0.25, -0.2) is 4.98 Å². The highest BCUT2D eigenvalue weighted by Gasteiger charge is 2.12. The van der Waals surface area contributed by atoms with Gasteiger partial charge in [-0.15, -0.1) is 0 Å². The highest BCUT2D eigenvalue weighted by atomic mass is 15.0. The van der Waals surface area contributed by atoms with Gasteiger partial charge in [0.1, 0.15) is 0 Å². The van der Waals surface area contributed by atoms with Crippen LogP contribution in [0, 0.1) is 0 Å². The zero-order chi connectivity index (χ0) is 14.6. The summed E-state index contributed by atoms with van der Waals surface area (Å²) in [5.74, 6) is 0.527. The molecule has 0 unspecified atom stereocenters. The van der Waals surface area contributed by atoms with Crippen LogP contribution >= 0.6 is 0 Å². The van der Waals surface area contributed by atoms with E-state index in [0.717, 1.165) is 5.52 Å². The first-order chi connectivity index (χ1) is 10.2. The van der Waals surface area contributed by atoms with Crippen LogP contribution in [0.2, 0.25) is 0 Å². The predicted molar refractivity (Wildman–Crippen MR) is 89.8 cm³/mol. The molecule has 1 aromatic heterocycles. The lowest BCUT2D eigenvalue weighted by atomic mass is 9.95. The van der Waals surface area contributed by atoms with Crippen molar-refractivity contribution in [1.29, 1.82) is 0 Å². The Morgan fingerprint density at radius 1 is 0.905 bits per heavy atom. The molecule has 104 valence electrons. The van der Waals surface area contributed by atoms with E-state index in [1.54, 1.807) is 0 Å². The Morgan fingerprint density at radius 2 is 1.62 bits per heavy atom. The van der Waals surface area contributed by atoms with Gasteiger partial charge in [0.25, 0.3) is 0 Å². The molecule has 0 aliphatic heterocycles. The van der Waals surface area contributed by atoms with Crippen LogP contribution in [0.25, 0.3) is 32.6 Å². The predicted octanol–water partition coefficient (Wildman–Crippen LogP) is 5.00. The van der Waals surface area contributed by atoms with Crippen LogP contribution in [0.1, 0.15) is 25.3 Å². The van der Waals surface area contributed by atoms with E-state index < -0.39 is 0 Å². The second-order valence-corrected chi connectivity index (χ2v) is 6.06. The number of fused-ring (bicyclic) bond motifs is 6. The summed E-state index contributed by atoms with van der Waals surface area (Å²) >= 11 is 0. The Balaban J connectivity index is 2.31. The van der Waals surface area contributed by atoms with E-state index in [4.69, 9.17) is 0 Å². The number of hydrogen-bond donors (Lipinski definition) is 0. The first-order valence-corrected chi connectivity index (χ1v) is 7.42. The quantitative estimate of drug-likeness (QED) is 0.446. The van der Waals surface area contributed by atoms with Crippen molar-refractivity contribution in [3.05, 3.63) is 54.4 Å². The van der Waals surface area contributed by atoms with Crippen molar-refractivity contribution in [1.82, 2.24) is 9.55 Å². The summed E-state index contributed by atoms with van der Waals surface area (Å²) in [5.41, 5.74) is 3.69. The molecule has 0 atom stereocenters. The van der Waals surface area contributed by atoms with Gasteiger partial charge in [-0.1, -0.05) is 50.2 Å². The van der Waals surface area contributed by atoms with Crippen molar-refractivity contribution in [2.45, 2.75) is 19.8 Å². The van der Waals surface area contributed by atoms with Crippen LogP contribution in [-0.2, 0) is 7.05 Å². The third-order valence-corrected chi connectivity index (χ3v) is 4.37. The SMILES string of the molecule is CC(C)c1ccc2c3ccccc3c3c(ncn3C)c2c1. The maximum Gasteiger partial charge on any atom is 0.0969 e. The number of aromatic nitrogens is 2. The molecule has 0 radical (unpaired) electrons. The van der Waals surface area contributed by atoms with E-state index in [1.165, 1.54) is 32.6 Å². The summed E-state index contributed by atoms with van der Waals surface area (Å²) < 4.78 is 2.12. The highest BCUT2D eigenvalue weighted by Crippen LogP contribution is 2.35. The molecule has 0 aliphatic rings. The number of rotatable bonds is 1. The molecule has 3 aromatic carbocycles. The Bertz CT molecular complexity index is 977. The Hall–Kier alpha value is -2.35. The smallest absolute Gasteiger partial charge is 0.0969 e. The summed E-state index contributed by atoms with van der Waals surface area (Å²) in [4.78, 5) is 4.66. The Labute approximate surface area is 124 Å². The van der Waals surface area contributed by atoms with Crippen molar-refractivity contribution in [3.63, 3.8) is 0 Å². The van der Waals surface area contributed by atoms with Crippen LogP contribution in [-0.4, -0.2) is 9.55 Å². The molecule has 0 N–H and O–H groups in total. The van der Waals surface area contributed by atoms with Crippen molar-refractivity contribution in [2.75, 3.05) is 0 Å². The molecular formula is C19H18N2. The summed E-state index contributed by atoms with van der Waals surface area (Å²) in [5, 5.41) is 5.13. The standard InChI is InChI=1S/C19H18N2/c1-12(2)13-8-9-15-14-6-4-5-7-16(14)19-18(17(15)10-13)20-11-21(19)3/h4-12H,1-3H3. The van der Waals surface area contributed by atoms with E-state index in [-0.39, 0.29) is 0 Å². The molecule has 2 nitrogen and oxygen atoms in total. The lowest BCUT2D eigenvalue weighted by molar-refractivity contribution is 0.869. The number of nitrogens with zero attached hydrogens (tertiary/aromatic N) is 2. The molecule has 4 rings (SSSR count). The third-order valence-electron chi connectivity index (χ3n) is 4.37. The summed E-state index contributed by atoms with van der Waals surface area (Å²) in [6.07, 6.45) is 1.92. The molecule has 0 saturated heterocycles. The molecule has 0 amide bonds. The van der Waals surface area contributed by atoms with Gasteiger partial charge in [0.2, 0.25) is 0 Å². The van der Waals surface area contributed by atoms with Gasteiger partial charge in [-0.2, -0.15) is 0 Å². The third kappa shape index (κ3) is 1.69. The Kier molecular flexibility index (Phi) is 2.55. The lowest BCUT2D eigenvalue weighted by Gasteiger charge is -2.11. The van der Waals surface area contributed by atoms with Crippen LogP contribution < -0.4 is 0 Å². The maximum absolute atomic E-state index is 4.66. The summed E-state index contributed by atoms with van der Waals surface area (Å²) in [6, 6.07) is 15.4. The van der Waals surface area contributed by atoms with Gasteiger partial charge in [0.05, 0.1) is 17.4 Å². The van der Waals surface area contributed by atoms with Crippen LogP contribution in [0.15, 0.2) is 48.8 Å². The first-order valence-electron chi connectivity index (χ1n) is 7.42. The van der Waals surface area contributed by atoms with Gasteiger partial charge < -0.3 is 4.57 Å². The zero-order valence-electron chi connectivity index (χ0n) is 12.6. The zero-order valence-corrected chi connectivity index (χ0v) is 12.6. The van der Waals surface area contributed by atoms with Crippen molar-refractivity contribution in [2.24, 2.45) is 7.05 Å². The van der Waals surface area contributed by atoms with E-state index in [0.29, 0.717) is 5.92 Å². The highest BCUT2D eigenvalue weighted by molar-refractivity contribution is 6.23. The van der Waals surface area contributed by atoms with Crippen molar-refractivity contribution < 1.29 is 0 Å². The minimum absolute atomic E-state index is 0.527. The number of imidazole rings is 1. The van der Waals surface area contributed by atoms with Gasteiger partial charge in [-0.3, -0.25) is 0 Å². The average molecular weight is 274 g/mol. The van der Waals surface area contributed by atoms with Crippen LogP contribution in [0.4, 0.5) is 0 Å². The summed E-state index contributed by atoms with van der Waals surface area (Å²) in [7, 11) is 2.07. The van der Waals surface area contributed by atoms with E-state index >= 15 is 0 Å². The molecule has 0 saturated carbocycles. The van der Waals surface area contributed by atoms with Gasteiger partial charge >= 0.3 is 0 Å². The first kappa shape index (κ1) is 12.4. The average Bonchev–Trinajstić information content (AvgIpc) is 2.89. The maximum atomic E-state index is 4.66. The lowest BCUT2D eigenvalue weighted by Crippen LogP contribution is -1.90. The minimum Gasteiger partial charge on any atom is -0.333 e.